The summed E-state index contributed by atoms with van der Waals surface area (Å²) in [6, 6.07) is 10.1. The van der Waals surface area contributed by atoms with Gasteiger partial charge in [0, 0.05) is 24.7 Å². The lowest BCUT2D eigenvalue weighted by Crippen LogP contribution is -2.47. The molecule has 1 aromatic heterocycles. The van der Waals surface area contributed by atoms with Crippen molar-refractivity contribution in [3.05, 3.63) is 41.7 Å². The molecule has 1 amide bonds. The Morgan fingerprint density at radius 1 is 1.36 bits per heavy atom. The molecule has 1 atom stereocenters. The molecule has 0 radical (unpaired) electrons. The molecule has 5 nitrogen and oxygen atoms in total. The Bertz CT molecular complexity index is 651. The number of aromatic nitrogens is 1. The molecule has 1 unspecified atom stereocenters. The summed E-state index contributed by atoms with van der Waals surface area (Å²) >= 11 is 0. The Hall–Kier alpha value is -2.14. The zero-order valence-corrected chi connectivity index (χ0v) is 13.0. The second kappa shape index (κ2) is 6.32. The average Bonchev–Trinajstić information content (AvgIpc) is 2.96. The number of rotatable bonds is 3. The molecular formula is C17H21N3O2. The maximum atomic E-state index is 12.9. The lowest BCUT2D eigenvalue weighted by Gasteiger charge is -2.32. The molecular weight excluding hydrogens is 278 g/mol. The minimum absolute atomic E-state index is 0.0116. The molecule has 1 saturated heterocycles. The summed E-state index contributed by atoms with van der Waals surface area (Å²) in [6.07, 6.45) is 2.12. The van der Waals surface area contributed by atoms with E-state index in [1.54, 1.807) is 6.92 Å². The number of likely N-dealkylation sites (tertiary alicyclic amines) is 1. The summed E-state index contributed by atoms with van der Waals surface area (Å²) in [5.74, 6) is 0.591. The first kappa shape index (κ1) is 14.8. The van der Waals surface area contributed by atoms with E-state index < -0.39 is 0 Å². The topological polar surface area (TPSA) is 58.4 Å². The van der Waals surface area contributed by atoms with Gasteiger partial charge in [-0.3, -0.25) is 4.79 Å². The zero-order valence-electron chi connectivity index (χ0n) is 13.0. The van der Waals surface area contributed by atoms with Crippen LogP contribution in [0.15, 0.2) is 34.9 Å². The third-order valence-corrected chi connectivity index (χ3v) is 4.24. The van der Waals surface area contributed by atoms with Crippen LogP contribution in [0.1, 0.15) is 29.0 Å². The molecule has 0 spiro atoms. The van der Waals surface area contributed by atoms with E-state index in [4.69, 9.17) is 4.52 Å². The molecule has 1 aromatic carbocycles. The highest BCUT2D eigenvalue weighted by Crippen LogP contribution is 2.27. The van der Waals surface area contributed by atoms with Crippen LogP contribution >= 0.6 is 0 Å². The Morgan fingerprint density at radius 2 is 2.14 bits per heavy atom. The van der Waals surface area contributed by atoms with Crippen LogP contribution in [0.4, 0.5) is 0 Å². The van der Waals surface area contributed by atoms with Crippen molar-refractivity contribution in [1.29, 1.82) is 0 Å². The van der Waals surface area contributed by atoms with Crippen molar-refractivity contribution in [2.24, 2.45) is 0 Å². The van der Waals surface area contributed by atoms with Gasteiger partial charge < -0.3 is 14.7 Å². The molecule has 1 aliphatic heterocycles. The SMILES string of the molecule is CNC1CCCN(C(=O)c2c(-c3ccccc3)noc2C)C1. The Labute approximate surface area is 130 Å². The molecule has 116 valence electrons. The van der Waals surface area contributed by atoms with E-state index in [0.29, 0.717) is 23.1 Å². The number of hydrogen-bond acceptors (Lipinski definition) is 4. The van der Waals surface area contributed by atoms with Gasteiger partial charge in [0.05, 0.1) is 0 Å². The average molecular weight is 299 g/mol. The zero-order chi connectivity index (χ0) is 15.5. The van der Waals surface area contributed by atoms with Gasteiger partial charge in [-0.15, -0.1) is 0 Å². The minimum atomic E-state index is 0.0116. The quantitative estimate of drug-likeness (QED) is 0.946. The highest BCUT2D eigenvalue weighted by Gasteiger charge is 2.29. The van der Waals surface area contributed by atoms with Crippen LogP contribution in [-0.2, 0) is 0 Å². The number of aryl methyl sites for hydroxylation is 1. The molecule has 2 aromatic rings. The molecule has 22 heavy (non-hydrogen) atoms. The molecule has 1 fully saturated rings. The van der Waals surface area contributed by atoms with E-state index in [1.807, 2.05) is 42.3 Å². The van der Waals surface area contributed by atoms with Gasteiger partial charge in [-0.2, -0.15) is 0 Å². The molecule has 0 bridgehead atoms. The molecule has 2 heterocycles. The number of piperidine rings is 1. The van der Waals surface area contributed by atoms with Crippen molar-refractivity contribution in [3.8, 4) is 11.3 Å². The monoisotopic (exact) mass is 299 g/mol. The Kier molecular flexibility index (Phi) is 4.24. The normalized spacial score (nSPS) is 18.5. The maximum Gasteiger partial charge on any atom is 0.259 e. The highest BCUT2D eigenvalue weighted by atomic mass is 16.5. The Morgan fingerprint density at radius 3 is 2.86 bits per heavy atom. The van der Waals surface area contributed by atoms with Gasteiger partial charge >= 0.3 is 0 Å². The molecule has 0 saturated carbocycles. The molecule has 1 aliphatic rings. The predicted octanol–water partition coefficient (Wildman–Crippen LogP) is 2.47. The largest absolute Gasteiger partial charge is 0.360 e. The number of benzene rings is 1. The third-order valence-electron chi connectivity index (χ3n) is 4.24. The summed E-state index contributed by atoms with van der Waals surface area (Å²) in [5.41, 5.74) is 2.13. The number of nitrogens with one attached hydrogen (secondary N) is 1. The van der Waals surface area contributed by atoms with Crippen LogP contribution in [-0.4, -0.2) is 42.1 Å². The molecule has 1 N–H and O–H groups in total. The fraction of sp³-hybridized carbons (Fsp3) is 0.412. The lowest BCUT2D eigenvalue weighted by molar-refractivity contribution is 0.0697. The van der Waals surface area contributed by atoms with E-state index in [1.165, 1.54) is 0 Å². The summed E-state index contributed by atoms with van der Waals surface area (Å²) in [7, 11) is 1.94. The standard InChI is InChI=1S/C17H21N3O2/c1-12-15(16(19-22-12)13-7-4-3-5-8-13)17(21)20-10-6-9-14(11-20)18-2/h3-5,7-8,14,18H,6,9-11H2,1-2H3. The lowest BCUT2D eigenvalue weighted by atomic mass is 10.0. The number of likely N-dealkylation sites (N-methyl/N-ethyl adjacent to an activating group) is 1. The molecule has 0 aliphatic carbocycles. The number of hydrogen-bond donors (Lipinski definition) is 1. The van der Waals surface area contributed by atoms with Crippen LogP contribution in [0.25, 0.3) is 11.3 Å². The summed E-state index contributed by atoms with van der Waals surface area (Å²) in [4.78, 5) is 14.8. The van der Waals surface area contributed by atoms with E-state index in [9.17, 15) is 4.79 Å². The van der Waals surface area contributed by atoms with Crippen LogP contribution < -0.4 is 5.32 Å². The van der Waals surface area contributed by atoms with Gasteiger partial charge in [-0.25, -0.2) is 0 Å². The van der Waals surface area contributed by atoms with Gasteiger partial charge in [0.1, 0.15) is 17.0 Å². The number of carbonyl (C=O) groups excluding carboxylic acids is 1. The first-order valence-corrected chi connectivity index (χ1v) is 7.69. The van der Waals surface area contributed by atoms with Gasteiger partial charge in [0.2, 0.25) is 0 Å². The van der Waals surface area contributed by atoms with Gasteiger partial charge in [0.15, 0.2) is 0 Å². The van der Waals surface area contributed by atoms with Crippen molar-refractivity contribution in [2.75, 3.05) is 20.1 Å². The molecule has 3 rings (SSSR count). The molecule has 5 heteroatoms. The van der Waals surface area contributed by atoms with Crippen molar-refractivity contribution in [3.63, 3.8) is 0 Å². The summed E-state index contributed by atoms with van der Waals surface area (Å²) in [6.45, 7) is 3.32. The van der Waals surface area contributed by atoms with Gasteiger partial charge in [-0.05, 0) is 26.8 Å². The first-order valence-electron chi connectivity index (χ1n) is 7.69. The van der Waals surface area contributed by atoms with Crippen LogP contribution in [0.5, 0.6) is 0 Å². The van der Waals surface area contributed by atoms with Gasteiger partial charge in [-0.1, -0.05) is 35.5 Å². The fourth-order valence-electron chi connectivity index (χ4n) is 2.97. The number of nitrogens with zero attached hydrogens (tertiary/aromatic N) is 2. The maximum absolute atomic E-state index is 12.9. The van der Waals surface area contributed by atoms with E-state index in [-0.39, 0.29) is 5.91 Å². The number of amides is 1. The van der Waals surface area contributed by atoms with E-state index in [0.717, 1.165) is 31.5 Å². The fourth-order valence-corrected chi connectivity index (χ4v) is 2.97. The van der Waals surface area contributed by atoms with Crippen molar-refractivity contribution in [2.45, 2.75) is 25.8 Å². The first-order chi connectivity index (χ1) is 10.7. The Balaban J connectivity index is 1.91. The van der Waals surface area contributed by atoms with Crippen molar-refractivity contribution in [1.82, 2.24) is 15.4 Å². The second-order valence-electron chi connectivity index (χ2n) is 5.71. The van der Waals surface area contributed by atoms with Crippen molar-refractivity contribution < 1.29 is 9.32 Å². The third kappa shape index (κ3) is 2.76. The highest BCUT2D eigenvalue weighted by molar-refractivity contribution is 6.00. The summed E-state index contributed by atoms with van der Waals surface area (Å²) in [5, 5.41) is 7.36. The predicted molar refractivity (Wildman–Crippen MR) is 84.7 cm³/mol. The van der Waals surface area contributed by atoms with E-state index in [2.05, 4.69) is 10.5 Å². The summed E-state index contributed by atoms with van der Waals surface area (Å²) < 4.78 is 5.30. The van der Waals surface area contributed by atoms with Crippen LogP contribution in [0.3, 0.4) is 0 Å². The second-order valence-corrected chi connectivity index (χ2v) is 5.71. The van der Waals surface area contributed by atoms with Crippen molar-refractivity contribution >= 4 is 5.91 Å². The van der Waals surface area contributed by atoms with E-state index >= 15 is 0 Å². The van der Waals surface area contributed by atoms with Crippen LogP contribution in [0.2, 0.25) is 0 Å². The minimum Gasteiger partial charge on any atom is -0.360 e. The smallest absolute Gasteiger partial charge is 0.259 e. The van der Waals surface area contributed by atoms with Gasteiger partial charge in [0.25, 0.3) is 5.91 Å². The van der Waals surface area contributed by atoms with Crippen LogP contribution in [0, 0.1) is 6.92 Å². The number of carbonyl (C=O) groups is 1.